The summed E-state index contributed by atoms with van der Waals surface area (Å²) in [5.41, 5.74) is 3.76. The smallest absolute Gasteiger partial charge is 0.258 e. The second-order valence-corrected chi connectivity index (χ2v) is 7.12. The first-order valence-corrected chi connectivity index (χ1v) is 9.54. The summed E-state index contributed by atoms with van der Waals surface area (Å²) < 4.78 is 1.01. The van der Waals surface area contributed by atoms with Crippen molar-refractivity contribution in [1.29, 1.82) is 0 Å². The normalized spacial score (nSPS) is 9.85. The molecule has 0 aliphatic heterocycles. The highest BCUT2D eigenvalue weighted by molar-refractivity contribution is 14.1. The number of para-hydroxylation sites is 1. The number of hydrogen-bond acceptors (Lipinski definition) is 1. The summed E-state index contributed by atoms with van der Waals surface area (Å²) in [6.45, 7) is 4.06. The highest BCUT2D eigenvalue weighted by atomic mass is 127. The Hall–Kier alpha value is -2.84. The summed E-state index contributed by atoms with van der Waals surface area (Å²) in [5, 5.41) is 0. The van der Waals surface area contributed by atoms with Gasteiger partial charge in [-0.05, 0) is 52.9 Å². The van der Waals surface area contributed by atoms with Crippen molar-refractivity contribution >= 4 is 39.8 Å². The number of halogens is 1. The third-order valence-corrected chi connectivity index (χ3v) is 5.06. The van der Waals surface area contributed by atoms with Crippen LogP contribution in [0.3, 0.4) is 0 Å². The highest BCUT2D eigenvalue weighted by Gasteiger charge is 2.19. The molecule has 0 N–H and O–H groups in total. The molecule has 0 aliphatic carbocycles. The maximum Gasteiger partial charge on any atom is 0.258 e. The van der Waals surface area contributed by atoms with E-state index in [-0.39, 0.29) is 5.91 Å². The maximum absolute atomic E-state index is 13.0. The van der Waals surface area contributed by atoms with Crippen LogP contribution < -0.4 is 4.90 Å². The lowest BCUT2D eigenvalue weighted by atomic mass is 9.99. The largest absolute Gasteiger partial charge is 0.310 e. The Morgan fingerprint density at radius 3 is 2.26 bits per heavy atom. The standard InChI is InChI=1S/C24H18INO/c1-18(24(27)26(2)23-15-9-8-14-22(23)25)21-13-7-6-12-20(21)17-16-19-10-4-3-5-11-19/h3-15H,1H2,2H3. The molecule has 0 saturated heterocycles. The SMILES string of the molecule is C=C(C(=O)N(C)c1ccccc1I)c1ccccc1C#Cc1ccccc1. The Balaban J connectivity index is 1.91. The van der Waals surface area contributed by atoms with Crippen molar-refractivity contribution in [3.63, 3.8) is 0 Å². The third kappa shape index (κ3) is 4.47. The van der Waals surface area contributed by atoms with Crippen LogP contribution in [0, 0.1) is 15.4 Å². The lowest BCUT2D eigenvalue weighted by Gasteiger charge is -2.20. The maximum atomic E-state index is 13.0. The number of nitrogens with zero attached hydrogens (tertiary/aromatic N) is 1. The van der Waals surface area contributed by atoms with Crippen LogP contribution in [-0.2, 0) is 4.79 Å². The Morgan fingerprint density at radius 2 is 1.52 bits per heavy atom. The number of amides is 1. The average molecular weight is 463 g/mol. The van der Waals surface area contributed by atoms with Gasteiger partial charge in [0.25, 0.3) is 5.91 Å². The van der Waals surface area contributed by atoms with Crippen LogP contribution in [0.2, 0.25) is 0 Å². The summed E-state index contributed by atoms with van der Waals surface area (Å²) in [5.74, 6) is 6.17. The van der Waals surface area contributed by atoms with Gasteiger partial charge in [-0.25, -0.2) is 0 Å². The predicted molar refractivity (Wildman–Crippen MR) is 120 cm³/mol. The van der Waals surface area contributed by atoms with E-state index in [0.29, 0.717) is 5.57 Å². The van der Waals surface area contributed by atoms with Crippen molar-refractivity contribution in [2.24, 2.45) is 0 Å². The number of hydrogen-bond donors (Lipinski definition) is 0. The Labute approximate surface area is 173 Å². The molecule has 0 heterocycles. The number of carbonyl (C=O) groups excluding carboxylic acids is 1. The van der Waals surface area contributed by atoms with E-state index in [1.807, 2.05) is 78.9 Å². The molecule has 0 atom stereocenters. The molecule has 0 aliphatic rings. The molecular formula is C24H18INO. The average Bonchev–Trinajstić information content (AvgIpc) is 2.72. The summed E-state index contributed by atoms with van der Waals surface area (Å²) in [7, 11) is 1.77. The van der Waals surface area contributed by atoms with Crippen molar-refractivity contribution in [2.75, 3.05) is 11.9 Å². The van der Waals surface area contributed by atoms with Gasteiger partial charge in [-0.2, -0.15) is 0 Å². The Morgan fingerprint density at radius 1 is 0.889 bits per heavy atom. The van der Waals surface area contributed by atoms with Crippen LogP contribution in [0.25, 0.3) is 5.57 Å². The van der Waals surface area contributed by atoms with E-state index in [1.165, 1.54) is 0 Å². The van der Waals surface area contributed by atoms with Gasteiger partial charge in [0.15, 0.2) is 0 Å². The summed E-state index contributed by atoms with van der Waals surface area (Å²) >= 11 is 2.23. The monoisotopic (exact) mass is 463 g/mol. The van der Waals surface area contributed by atoms with Gasteiger partial charge in [0.2, 0.25) is 0 Å². The minimum Gasteiger partial charge on any atom is -0.310 e. The van der Waals surface area contributed by atoms with Crippen molar-refractivity contribution in [3.05, 3.63) is 106 Å². The fraction of sp³-hybridized carbons (Fsp3) is 0.0417. The summed E-state index contributed by atoms with van der Waals surface area (Å²) in [6, 6.07) is 25.2. The molecule has 3 aromatic rings. The fourth-order valence-corrected chi connectivity index (χ4v) is 3.42. The van der Waals surface area contributed by atoms with Gasteiger partial charge in [0.1, 0.15) is 0 Å². The number of rotatable bonds is 3. The van der Waals surface area contributed by atoms with E-state index in [4.69, 9.17) is 0 Å². The zero-order valence-corrected chi connectivity index (χ0v) is 17.1. The van der Waals surface area contributed by atoms with Crippen LogP contribution in [0.4, 0.5) is 5.69 Å². The van der Waals surface area contributed by atoms with Gasteiger partial charge in [-0.15, -0.1) is 0 Å². The van der Waals surface area contributed by atoms with E-state index in [2.05, 4.69) is 41.0 Å². The summed E-state index contributed by atoms with van der Waals surface area (Å²) in [6.07, 6.45) is 0. The number of anilines is 1. The van der Waals surface area contributed by atoms with Crippen LogP contribution in [-0.4, -0.2) is 13.0 Å². The van der Waals surface area contributed by atoms with Crippen molar-refractivity contribution in [1.82, 2.24) is 0 Å². The predicted octanol–water partition coefficient (Wildman–Crippen LogP) is 5.37. The molecule has 2 nitrogen and oxygen atoms in total. The fourth-order valence-electron chi connectivity index (χ4n) is 2.67. The number of likely N-dealkylation sites (N-methyl/N-ethyl adjacent to an activating group) is 1. The quantitative estimate of drug-likeness (QED) is 0.291. The van der Waals surface area contributed by atoms with Gasteiger partial charge >= 0.3 is 0 Å². The molecule has 3 aromatic carbocycles. The van der Waals surface area contributed by atoms with Crippen molar-refractivity contribution in [2.45, 2.75) is 0 Å². The molecule has 0 bridgehead atoms. The molecule has 27 heavy (non-hydrogen) atoms. The van der Waals surface area contributed by atoms with Gasteiger partial charge in [0, 0.05) is 32.9 Å². The molecule has 0 saturated carbocycles. The second-order valence-electron chi connectivity index (χ2n) is 5.96. The summed E-state index contributed by atoms with van der Waals surface area (Å²) in [4.78, 5) is 14.6. The minimum absolute atomic E-state index is 0.145. The van der Waals surface area contributed by atoms with Gasteiger partial charge in [0.05, 0.1) is 5.69 Å². The van der Waals surface area contributed by atoms with E-state index in [9.17, 15) is 4.79 Å². The number of carbonyl (C=O) groups is 1. The second kappa shape index (κ2) is 8.70. The molecule has 1 amide bonds. The molecule has 0 unspecified atom stereocenters. The molecule has 0 fully saturated rings. The molecule has 0 spiro atoms. The van der Waals surface area contributed by atoms with Crippen molar-refractivity contribution in [3.8, 4) is 11.8 Å². The van der Waals surface area contributed by atoms with Crippen LogP contribution >= 0.6 is 22.6 Å². The zero-order chi connectivity index (χ0) is 19.2. The molecule has 0 radical (unpaired) electrons. The first-order chi connectivity index (χ1) is 13.1. The highest BCUT2D eigenvalue weighted by Crippen LogP contribution is 2.25. The van der Waals surface area contributed by atoms with E-state index >= 15 is 0 Å². The lowest BCUT2D eigenvalue weighted by molar-refractivity contribution is -0.113. The molecule has 0 aromatic heterocycles. The first-order valence-electron chi connectivity index (χ1n) is 8.46. The Kier molecular flexibility index (Phi) is 6.10. The van der Waals surface area contributed by atoms with Gasteiger partial charge in [-0.1, -0.05) is 67.0 Å². The van der Waals surface area contributed by atoms with Crippen LogP contribution in [0.15, 0.2) is 85.4 Å². The third-order valence-electron chi connectivity index (χ3n) is 4.14. The zero-order valence-electron chi connectivity index (χ0n) is 14.9. The van der Waals surface area contributed by atoms with E-state index in [1.54, 1.807) is 11.9 Å². The molecule has 3 heteroatoms. The van der Waals surface area contributed by atoms with Crippen molar-refractivity contribution < 1.29 is 4.79 Å². The molecule has 132 valence electrons. The van der Waals surface area contributed by atoms with Gasteiger partial charge < -0.3 is 4.90 Å². The minimum atomic E-state index is -0.145. The van der Waals surface area contributed by atoms with Gasteiger partial charge in [-0.3, -0.25) is 4.79 Å². The first kappa shape index (κ1) is 18.9. The van der Waals surface area contributed by atoms with E-state index < -0.39 is 0 Å². The number of benzene rings is 3. The van der Waals surface area contributed by atoms with E-state index in [0.717, 1.165) is 25.9 Å². The van der Waals surface area contributed by atoms with Crippen LogP contribution in [0.1, 0.15) is 16.7 Å². The molecular weight excluding hydrogens is 445 g/mol. The topological polar surface area (TPSA) is 20.3 Å². The van der Waals surface area contributed by atoms with Crippen LogP contribution in [0.5, 0.6) is 0 Å². The Bertz CT molecular complexity index is 1040. The molecule has 3 rings (SSSR count). The lowest BCUT2D eigenvalue weighted by Crippen LogP contribution is -2.27.